The van der Waals surface area contributed by atoms with Crippen molar-refractivity contribution in [2.24, 2.45) is 0 Å². The number of sulfonamides is 1. The summed E-state index contributed by atoms with van der Waals surface area (Å²) in [5.74, 6) is -1.03. The third kappa shape index (κ3) is 7.11. The lowest BCUT2D eigenvalue weighted by Crippen LogP contribution is -2.53. The molecule has 0 spiro atoms. The summed E-state index contributed by atoms with van der Waals surface area (Å²) >= 11 is 0. The van der Waals surface area contributed by atoms with Crippen LogP contribution in [0.15, 0.2) is 29.2 Å². The van der Waals surface area contributed by atoms with Crippen LogP contribution in [0.25, 0.3) is 0 Å². The van der Waals surface area contributed by atoms with Crippen molar-refractivity contribution in [1.82, 2.24) is 19.8 Å². The van der Waals surface area contributed by atoms with Gasteiger partial charge in [0.25, 0.3) is 0 Å². The Morgan fingerprint density at radius 1 is 1.06 bits per heavy atom. The van der Waals surface area contributed by atoms with E-state index in [0.29, 0.717) is 38.5 Å². The second kappa shape index (κ2) is 12.3. The van der Waals surface area contributed by atoms with Crippen LogP contribution < -0.4 is 15.4 Å². The number of hydrogen-bond donors (Lipinski definition) is 2. The van der Waals surface area contributed by atoms with Gasteiger partial charge in [-0.25, -0.2) is 8.42 Å². The number of ether oxygens (including phenoxy) is 3. The Labute approximate surface area is 194 Å². The topological polar surface area (TPSA) is 127 Å². The van der Waals surface area contributed by atoms with Crippen LogP contribution in [-0.2, 0) is 29.1 Å². The third-order valence-corrected chi connectivity index (χ3v) is 7.41. The van der Waals surface area contributed by atoms with E-state index in [4.69, 9.17) is 14.2 Å². The molecule has 2 saturated heterocycles. The van der Waals surface area contributed by atoms with Crippen molar-refractivity contribution in [2.75, 3.05) is 66.2 Å². The molecule has 2 heterocycles. The molecule has 184 valence electrons. The van der Waals surface area contributed by atoms with Crippen LogP contribution >= 0.6 is 0 Å². The SMILES string of the molecule is COc1ccc(S(=O)(=O)N2CCCO[C@@H]2CNC(=O)C(=O)NCCCN2CCOCC2)cc1. The first-order valence-corrected chi connectivity index (χ1v) is 12.5. The number of nitrogens with zero attached hydrogens (tertiary/aromatic N) is 2. The minimum Gasteiger partial charge on any atom is -0.497 e. The van der Waals surface area contributed by atoms with Crippen molar-refractivity contribution in [3.63, 3.8) is 0 Å². The largest absolute Gasteiger partial charge is 0.497 e. The zero-order valence-corrected chi connectivity index (χ0v) is 19.6. The summed E-state index contributed by atoms with van der Waals surface area (Å²) < 4.78 is 43.3. The summed E-state index contributed by atoms with van der Waals surface area (Å²) in [6, 6.07) is 6.06. The lowest BCUT2D eigenvalue weighted by atomic mass is 10.3. The Kier molecular flexibility index (Phi) is 9.44. The van der Waals surface area contributed by atoms with Gasteiger partial charge in [0, 0.05) is 26.2 Å². The number of hydrogen-bond acceptors (Lipinski definition) is 8. The van der Waals surface area contributed by atoms with Crippen LogP contribution in [0, 0.1) is 0 Å². The first kappa shape index (κ1) is 25.4. The van der Waals surface area contributed by atoms with Gasteiger partial charge >= 0.3 is 11.8 Å². The van der Waals surface area contributed by atoms with Crippen LogP contribution in [0.4, 0.5) is 0 Å². The van der Waals surface area contributed by atoms with Crippen molar-refractivity contribution in [3.8, 4) is 5.75 Å². The van der Waals surface area contributed by atoms with Crippen molar-refractivity contribution < 1.29 is 32.2 Å². The number of benzene rings is 1. The fourth-order valence-corrected chi connectivity index (χ4v) is 5.22. The summed E-state index contributed by atoms with van der Waals surface area (Å²) in [6.07, 6.45) is 0.353. The fraction of sp³-hybridized carbons (Fsp3) is 0.619. The Morgan fingerprint density at radius 3 is 2.45 bits per heavy atom. The molecule has 2 aliphatic rings. The minimum absolute atomic E-state index is 0.100. The summed E-state index contributed by atoms with van der Waals surface area (Å²) in [4.78, 5) is 26.6. The maximum absolute atomic E-state index is 13.1. The molecule has 11 nitrogen and oxygen atoms in total. The number of carbonyl (C=O) groups excluding carboxylic acids is 2. The highest BCUT2D eigenvalue weighted by atomic mass is 32.2. The summed E-state index contributed by atoms with van der Waals surface area (Å²) in [5.41, 5.74) is 0. The van der Waals surface area contributed by atoms with E-state index >= 15 is 0 Å². The molecule has 1 atom stereocenters. The maximum Gasteiger partial charge on any atom is 0.309 e. The van der Waals surface area contributed by atoms with E-state index in [9.17, 15) is 18.0 Å². The predicted molar refractivity (Wildman–Crippen MR) is 119 cm³/mol. The molecule has 3 rings (SSSR count). The molecule has 0 saturated carbocycles. The molecule has 1 aromatic carbocycles. The second-order valence-electron chi connectivity index (χ2n) is 7.74. The van der Waals surface area contributed by atoms with Crippen LogP contribution in [0.2, 0.25) is 0 Å². The van der Waals surface area contributed by atoms with Crippen LogP contribution in [0.1, 0.15) is 12.8 Å². The number of nitrogens with one attached hydrogen (secondary N) is 2. The highest BCUT2D eigenvalue weighted by Gasteiger charge is 2.35. The third-order valence-electron chi connectivity index (χ3n) is 5.50. The summed E-state index contributed by atoms with van der Waals surface area (Å²) in [5, 5.41) is 5.08. The van der Waals surface area contributed by atoms with Crippen molar-refractivity contribution in [3.05, 3.63) is 24.3 Å². The maximum atomic E-state index is 13.1. The highest BCUT2D eigenvalue weighted by Crippen LogP contribution is 2.23. The molecule has 0 aliphatic carbocycles. The van der Waals surface area contributed by atoms with Gasteiger partial charge in [0.05, 0.1) is 38.4 Å². The molecule has 2 N–H and O–H groups in total. The Bertz CT molecular complexity index is 888. The zero-order valence-electron chi connectivity index (χ0n) is 18.8. The van der Waals surface area contributed by atoms with E-state index in [1.165, 1.54) is 23.5 Å². The van der Waals surface area contributed by atoms with Gasteiger partial charge in [-0.2, -0.15) is 4.31 Å². The molecular formula is C21H32N4O7S. The summed E-state index contributed by atoms with van der Waals surface area (Å²) in [6.45, 7) is 4.84. The van der Waals surface area contributed by atoms with Gasteiger partial charge in [0.2, 0.25) is 10.0 Å². The molecule has 2 fully saturated rings. The molecule has 33 heavy (non-hydrogen) atoms. The Morgan fingerprint density at radius 2 is 1.76 bits per heavy atom. The van der Waals surface area contributed by atoms with E-state index in [1.54, 1.807) is 12.1 Å². The van der Waals surface area contributed by atoms with Gasteiger partial charge in [0.15, 0.2) is 0 Å². The standard InChI is InChI=1S/C21H32N4O7S/c1-30-17-4-6-18(7-5-17)33(28,29)25-10-3-13-32-19(25)16-23-21(27)20(26)22-8-2-9-24-11-14-31-15-12-24/h4-7,19H,2-3,8-16H2,1H3,(H,22,26)(H,23,27)/t19-/m1/s1. The number of carbonyl (C=O) groups is 2. The minimum atomic E-state index is -3.85. The Balaban J connectivity index is 1.47. The normalized spacial score (nSPS) is 20.2. The number of morpholine rings is 1. The average molecular weight is 485 g/mol. The molecule has 0 bridgehead atoms. The highest BCUT2D eigenvalue weighted by molar-refractivity contribution is 7.89. The molecular weight excluding hydrogens is 452 g/mol. The molecule has 0 aromatic heterocycles. The monoisotopic (exact) mass is 484 g/mol. The lowest BCUT2D eigenvalue weighted by Gasteiger charge is -2.34. The van der Waals surface area contributed by atoms with Crippen LogP contribution in [0.5, 0.6) is 5.75 Å². The average Bonchev–Trinajstić information content (AvgIpc) is 2.85. The quantitative estimate of drug-likeness (QED) is 0.351. The van der Waals surface area contributed by atoms with E-state index in [2.05, 4.69) is 15.5 Å². The number of rotatable bonds is 9. The molecule has 1 aromatic rings. The van der Waals surface area contributed by atoms with E-state index in [-0.39, 0.29) is 18.0 Å². The molecule has 0 radical (unpaired) electrons. The zero-order chi connectivity index (χ0) is 23.7. The number of methoxy groups -OCH3 is 1. The van der Waals surface area contributed by atoms with Crippen molar-refractivity contribution >= 4 is 21.8 Å². The smallest absolute Gasteiger partial charge is 0.309 e. The van der Waals surface area contributed by atoms with Crippen LogP contribution in [0.3, 0.4) is 0 Å². The van der Waals surface area contributed by atoms with Gasteiger partial charge in [0.1, 0.15) is 12.0 Å². The lowest BCUT2D eigenvalue weighted by molar-refractivity contribution is -0.140. The van der Waals surface area contributed by atoms with Crippen molar-refractivity contribution in [2.45, 2.75) is 24.0 Å². The molecule has 2 aliphatic heterocycles. The van der Waals surface area contributed by atoms with Gasteiger partial charge < -0.3 is 24.8 Å². The predicted octanol–water partition coefficient (Wildman–Crippen LogP) is -0.613. The van der Waals surface area contributed by atoms with Crippen LogP contribution in [-0.4, -0.2) is 102 Å². The first-order chi connectivity index (χ1) is 15.9. The second-order valence-corrected chi connectivity index (χ2v) is 9.63. The number of amides is 2. The van der Waals surface area contributed by atoms with Gasteiger partial charge in [-0.05, 0) is 43.7 Å². The fourth-order valence-electron chi connectivity index (χ4n) is 3.66. The molecule has 0 unspecified atom stereocenters. The van der Waals surface area contributed by atoms with Gasteiger partial charge in [-0.15, -0.1) is 0 Å². The van der Waals surface area contributed by atoms with E-state index in [1.807, 2.05) is 0 Å². The summed E-state index contributed by atoms with van der Waals surface area (Å²) in [7, 11) is -2.34. The molecule has 12 heteroatoms. The van der Waals surface area contributed by atoms with Gasteiger partial charge in [-0.3, -0.25) is 14.5 Å². The van der Waals surface area contributed by atoms with Gasteiger partial charge in [-0.1, -0.05) is 0 Å². The molecule has 2 amide bonds. The van der Waals surface area contributed by atoms with Crippen molar-refractivity contribution in [1.29, 1.82) is 0 Å². The Hall–Kier alpha value is -2.25. The van der Waals surface area contributed by atoms with E-state index in [0.717, 1.165) is 26.1 Å². The first-order valence-electron chi connectivity index (χ1n) is 11.1. The van der Waals surface area contributed by atoms with E-state index < -0.39 is 28.1 Å².